The Morgan fingerprint density at radius 2 is 2.14 bits per heavy atom. The summed E-state index contributed by atoms with van der Waals surface area (Å²) in [4.78, 5) is 10.7. The van der Waals surface area contributed by atoms with E-state index in [0.29, 0.717) is 12.2 Å². The van der Waals surface area contributed by atoms with Gasteiger partial charge in [0.2, 0.25) is 0 Å². The lowest BCUT2D eigenvalue weighted by atomic mass is 10.1. The number of para-hydroxylation sites is 1. The van der Waals surface area contributed by atoms with E-state index < -0.39 is 0 Å². The van der Waals surface area contributed by atoms with Gasteiger partial charge in [-0.25, -0.2) is 0 Å². The lowest BCUT2D eigenvalue weighted by molar-refractivity contribution is -0.384. The maximum absolute atomic E-state index is 11.0. The molecule has 0 bridgehead atoms. The molecule has 21 heavy (non-hydrogen) atoms. The molecular formula is C16H16N2O3. The lowest BCUT2D eigenvalue weighted by Crippen LogP contribution is -2.24. The van der Waals surface area contributed by atoms with Gasteiger partial charge in [0.25, 0.3) is 5.69 Å². The number of nitrogens with one attached hydrogen (secondary N) is 1. The van der Waals surface area contributed by atoms with Crippen LogP contribution in [0.5, 0.6) is 5.75 Å². The Balaban J connectivity index is 1.69. The molecule has 0 aliphatic carbocycles. The van der Waals surface area contributed by atoms with E-state index in [2.05, 4.69) is 5.32 Å². The molecule has 1 aliphatic heterocycles. The van der Waals surface area contributed by atoms with Crippen LogP contribution >= 0.6 is 0 Å². The van der Waals surface area contributed by atoms with Crippen molar-refractivity contribution in [3.8, 4) is 5.75 Å². The van der Waals surface area contributed by atoms with Gasteiger partial charge in [-0.05, 0) is 30.2 Å². The minimum atomic E-state index is -0.369. The highest BCUT2D eigenvalue weighted by molar-refractivity contribution is 5.62. The predicted molar refractivity (Wildman–Crippen MR) is 80.9 cm³/mol. The molecule has 0 aromatic heterocycles. The summed E-state index contributed by atoms with van der Waals surface area (Å²) in [5.74, 6) is 0.906. The van der Waals surface area contributed by atoms with E-state index in [1.165, 1.54) is 11.6 Å². The molecule has 5 heteroatoms. The Kier molecular flexibility index (Phi) is 3.48. The second-order valence-electron chi connectivity index (χ2n) is 5.21. The molecule has 0 fully saturated rings. The number of anilines is 1. The molecule has 1 N–H and O–H groups in total. The highest BCUT2D eigenvalue weighted by Gasteiger charge is 2.23. The maximum Gasteiger partial charge on any atom is 0.292 e. The topological polar surface area (TPSA) is 64.4 Å². The Hall–Kier alpha value is -2.56. The molecule has 1 heterocycles. The van der Waals surface area contributed by atoms with Crippen LogP contribution in [0.15, 0.2) is 42.5 Å². The Bertz CT molecular complexity index is 660. The van der Waals surface area contributed by atoms with E-state index in [4.69, 9.17) is 4.74 Å². The molecule has 1 aliphatic rings. The number of nitrogens with zero attached hydrogens (tertiary/aromatic N) is 1. The molecule has 3 rings (SSSR count). The van der Waals surface area contributed by atoms with Crippen LogP contribution in [0.1, 0.15) is 11.1 Å². The van der Waals surface area contributed by atoms with Crippen molar-refractivity contribution in [1.29, 1.82) is 0 Å². The summed E-state index contributed by atoms with van der Waals surface area (Å²) in [5, 5.41) is 14.2. The second kappa shape index (κ2) is 5.44. The number of nitro groups is 1. The summed E-state index contributed by atoms with van der Waals surface area (Å²) >= 11 is 0. The summed E-state index contributed by atoms with van der Waals surface area (Å²) in [5.41, 5.74) is 2.80. The summed E-state index contributed by atoms with van der Waals surface area (Å²) in [6, 6.07) is 13.0. The van der Waals surface area contributed by atoms with Gasteiger partial charge in [-0.15, -0.1) is 0 Å². The average Bonchev–Trinajstić information content (AvgIpc) is 2.87. The molecule has 5 nitrogen and oxygen atoms in total. The number of hydrogen-bond donors (Lipinski definition) is 1. The second-order valence-corrected chi connectivity index (χ2v) is 5.21. The van der Waals surface area contributed by atoms with E-state index in [1.54, 1.807) is 12.1 Å². The molecule has 0 radical (unpaired) electrons. The van der Waals surface area contributed by atoms with Gasteiger partial charge >= 0.3 is 0 Å². The number of aryl methyl sites for hydroxylation is 1. The minimum absolute atomic E-state index is 0.00233. The van der Waals surface area contributed by atoms with Crippen molar-refractivity contribution in [3.63, 3.8) is 0 Å². The quantitative estimate of drug-likeness (QED) is 0.691. The van der Waals surface area contributed by atoms with Crippen molar-refractivity contribution in [1.82, 2.24) is 0 Å². The zero-order chi connectivity index (χ0) is 14.8. The predicted octanol–water partition coefficient (Wildman–Crippen LogP) is 3.32. The molecule has 108 valence electrons. The van der Waals surface area contributed by atoms with Crippen molar-refractivity contribution in [2.75, 3.05) is 11.9 Å². The number of rotatable bonds is 4. The SMILES string of the molecule is Cc1ccc([N+](=O)[O-])c(NCC2Cc3ccccc3O2)c1. The Morgan fingerprint density at radius 1 is 1.33 bits per heavy atom. The first-order valence-corrected chi connectivity index (χ1v) is 6.87. The first-order valence-electron chi connectivity index (χ1n) is 6.87. The molecule has 0 spiro atoms. The zero-order valence-corrected chi connectivity index (χ0v) is 11.7. The van der Waals surface area contributed by atoms with Gasteiger partial charge in [-0.3, -0.25) is 10.1 Å². The highest BCUT2D eigenvalue weighted by atomic mass is 16.6. The molecule has 2 aromatic carbocycles. The fraction of sp³-hybridized carbons (Fsp3) is 0.250. The largest absolute Gasteiger partial charge is 0.488 e. The van der Waals surface area contributed by atoms with Crippen LogP contribution < -0.4 is 10.1 Å². The first-order chi connectivity index (χ1) is 10.1. The number of fused-ring (bicyclic) bond motifs is 1. The van der Waals surface area contributed by atoms with Crippen LogP contribution in [0.3, 0.4) is 0 Å². The molecule has 0 saturated carbocycles. The van der Waals surface area contributed by atoms with E-state index in [1.807, 2.05) is 31.2 Å². The summed E-state index contributed by atoms with van der Waals surface area (Å²) in [7, 11) is 0. The van der Waals surface area contributed by atoms with Crippen molar-refractivity contribution in [2.45, 2.75) is 19.4 Å². The summed E-state index contributed by atoms with van der Waals surface area (Å²) in [6.45, 7) is 2.45. The number of nitro benzene ring substituents is 1. The lowest BCUT2D eigenvalue weighted by Gasteiger charge is -2.13. The van der Waals surface area contributed by atoms with Gasteiger partial charge in [0.1, 0.15) is 17.5 Å². The van der Waals surface area contributed by atoms with Gasteiger partial charge < -0.3 is 10.1 Å². The van der Waals surface area contributed by atoms with E-state index in [0.717, 1.165) is 17.7 Å². The zero-order valence-electron chi connectivity index (χ0n) is 11.7. The first kappa shape index (κ1) is 13.4. The molecule has 1 atom stereocenters. The number of ether oxygens (including phenoxy) is 1. The third-order valence-corrected chi connectivity index (χ3v) is 3.58. The van der Waals surface area contributed by atoms with Crippen LogP contribution in [-0.2, 0) is 6.42 Å². The van der Waals surface area contributed by atoms with Gasteiger partial charge in [-0.1, -0.05) is 24.3 Å². The van der Waals surface area contributed by atoms with Crippen molar-refractivity contribution in [2.24, 2.45) is 0 Å². The van der Waals surface area contributed by atoms with Crippen LogP contribution in [0.4, 0.5) is 11.4 Å². The van der Waals surface area contributed by atoms with Crippen LogP contribution in [0, 0.1) is 17.0 Å². The smallest absolute Gasteiger partial charge is 0.292 e. The fourth-order valence-electron chi connectivity index (χ4n) is 2.54. The summed E-state index contributed by atoms with van der Waals surface area (Å²) < 4.78 is 5.83. The average molecular weight is 284 g/mol. The van der Waals surface area contributed by atoms with E-state index in [-0.39, 0.29) is 16.7 Å². The Morgan fingerprint density at radius 3 is 2.90 bits per heavy atom. The van der Waals surface area contributed by atoms with Crippen molar-refractivity contribution >= 4 is 11.4 Å². The molecule has 0 amide bonds. The standard InChI is InChI=1S/C16H16N2O3/c1-11-6-7-15(18(19)20)14(8-11)17-10-13-9-12-4-2-3-5-16(12)21-13/h2-8,13,17H,9-10H2,1H3. The minimum Gasteiger partial charge on any atom is -0.488 e. The normalized spacial score (nSPS) is 16.1. The maximum atomic E-state index is 11.0. The van der Waals surface area contributed by atoms with E-state index >= 15 is 0 Å². The number of hydrogen-bond acceptors (Lipinski definition) is 4. The van der Waals surface area contributed by atoms with Crippen LogP contribution in [-0.4, -0.2) is 17.6 Å². The molecule has 0 saturated heterocycles. The number of benzene rings is 2. The van der Waals surface area contributed by atoms with Gasteiger partial charge in [0, 0.05) is 12.5 Å². The van der Waals surface area contributed by atoms with Crippen LogP contribution in [0.2, 0.25) is 0 Å². The third-order valence-electron chi connectivity index (χ3n) is 3.58. The highest BCUT2D eigenvalue weighted by Crippen LogP contribution is 2.29. The molecular weight excluding hydrogens is 268 g/mol. The monoisotopic (exact) mass is 284 g/mol. The molecule has 2 aromatic rings. The third kappa shape index (κ3) is 2.81. The fourth-order valence-corrected chi connectivity index (χ4v) is 2.54. The van der Waals surface area contributed by atoms with Gasteiger partial charge in [0.05, 0.1) is 11.5 Å². The van der Waals surface area contributed by atoms with Crippen LogP contribution in [0.25, 0.3) is 0 Å². The van der Waals surface area contributed by atoms with Crippen molar-refractivity contribution in [3.05, 3.63) is 63.7 Å². The van der Waals surface area contributed by atoms with E-state index in [9.17, 15) is 10.1 Å². The van der Waals surface area contributed by atoms with Gasteiger partial charge in [-0.2, -0.15) is 0 Å². The molecule has 1 unspecified atom stereocenters. The van der Waals surface area contributed by atoms with Gasteiger partial charge in [0.15, 0.2) is 0 Å². The summed E-state index contributed by atoms with van der Waals surface area (Å²) in [6.07, 6.45) is 0.825. The van der Waals surface area contributed by atoms with Crippen molar-refractivity contribution < 1.29 is 9.66 Å². The Labute approximate surface area is 122 Å².